The Morgan fingerprint density at radius 2 is 2.05 bits per heavy atom. The number of carbonyl (C=O) groups excluding carboxylic acids is 1. The summed E-state index contributed by atoms with van der Waals surface area (Å²) in [7, 11) is 1.85. The zero-order chi connectivity index (χ0) is 15.2. The van der Waals surface area contributed by atoms with Gasteiger partial charge in [-0.1, -0.05) is 44.5 Å². The number of hydrogen-bond donors (Lipinski definition) is 2. The van der Waals surface area contributed by atoms with Crippen LogP contribution in [0.15, 0.2) is 24.3 Å². The van der Waals surface area contributed by atoms with Crippen molar-refractivity contribution < 1.29 is 4.79 Å². The van der Waals surface area contributed by atoms with Gasteiger partial charge in [0.15, 0.2) is 0 Å². The maximum atomic E-state index is 11.9. The molecule has 0 aliphatic carbocycles. The van der Waals surface area contributed by atoms with Gasteiger partial charge < -0.3 is 10.6 Å². The number of nitrogens with one attached hydrogen (secondary N) is 2. The van der Waals surface area contributed by atoms with Crippen LogP contribution in [0.25, 0.3) is 0 Å². The molecule has 1 aromatic carbocycles. The summed E-state index contributed by atoms with van der Waals surface area (Å²) in [5.74, 6) is 0.0838. The maximum Gasteiger partial charge on any atom is 0.224 e. The highest BCUT2D eigenvalue weighted by Gasteiger charge is 2.21. The number of halogens is 2. The molecule has 0 radical (unpaired) electrons. The van der Waals surface area contributed by atoms with E-state index >= 15 is 0 Å². The molecule has 21 heavy (non-hydrogen) atoms. The van der Waals surface area contributed by atoms with Crippen LogP contribution in [0.4, 0.5) is 0 Å². The van der Waals surface area contributed by atoms with E-state index in [9.17, 15) is 4.79 Å². The quantitative estimate of drug-likeness (QED) is 0.804. The predicted molar refractivity (Wildman–Crippen MR) is 92.3 cm³/mol. The first-order valence-corrected chi connectivity index (χ1v) is 7.38. The molecule has 0 aliphatic rings. The Labute approximate surface area is 139 Å². The molecule has 2 N–H and O–H groups in total. The Morgan fingerprint density at radius 3 is 2.62 bits per heavy atom. The summed E-state index contributed by atoms with van der Waals surface area (Å²) in [4.78, 5) is 11.9. The first-order valence-electron chi connectivity index (χ1n) is 7.01. The molecule has 0 saturated heterocycles. The summed E-state index contributed by atoms with van der Waals surface area (Å²) >= 11 is 6.00. The van der Waals surface area contributed by atoms with E-state index in [1.165, 1.54) is 5.56 Å². The van der Waals surface area contributed by atoms with Crippen molar-refractivity contribution in [2.75, 3.05) is 20.1 Å². The molecule has 0 aliphatic heterocycles. The standard InChI is InChI=1S/C16H25ClN2O.ClH/c1-12(10-18-4)15(20)19-11-16(2,3)9-13-6-5-7-14(17)8-13;/h5-8,12,18H,9-11H2,1-4H3,(H,19,20);1H. The molecule has 1 rings (SSSR count). The first-order chi connectivity index (χ1) is 9.34. The number of rotatable bonds is 7. The van der Waals surface area contributed by atoms with Crippen LogP contribution >= 0.6 is 24.0 Å². The first kappa shape index (κ1) is 20.2. The Morgan fingerprint density at radius 1 is 1.38 bits per heavy atom. The van der Waals surface area contributed by atoms with Gasteiger partial charge in [-0.05, 0) is 36.6 Å². The molecule has 0 fully saturated rings. The molecule has 0 saturated carbocycles. The van der Waals surface area contributed by atoms with Crippen LogP contribution in [0, 0.1) is 11.3 Å². The lowest BCUT2D eigenvalue weighted by molar-refractivity contribution is -0.124. The number of benzene rings is 1. The molecule has 0 aromatic heterocycles. The van der Waals surface area contributed by atoms with E-state index in [2.05, 4.69) is 30.5 Å². The van der Waals surface area contributed by atoms with Gasteiger partial charge in [-0.3, -0.25) is 4.79 Å². The molecule has 120 valence electrons. The summed E-state index contributed by atoms with van der Waals surface area (Å²) in [6.07, 6.45) is 0.883. The molecule has 1 unspecified atom stereocenters. The van der Waals surface area contributed by atoms with E-state index in [0.717, 1.165) is 11.4 Å². The Hall–Kier alpha value is -0.770. The van der Waals surface area contributed by atoms with Gasteiger partial charge in [-0.15, -0.1) is 12.4 Å². The average molecular weight is 333 g/mol. The van der Waals surface area contributed by atoms with Crippen molar-refractivity contribution in [1.29, 1.82) is 0 Å². The molecule has 1 aromatic rings. The zero-order valence-electron chi connectivity index (χ0n) is 13.2. The third-order valence-corrected chi connectivity index (χ3v) is 3.51. The highest BCUT2D eigenvalue weighted by molar-refractivity contribution is 6.30. The van der Waals surface area contributed by atoms with Crippen molar-refractivity contribution in [2.45, 2.75) is 27.2 Å². The van der Waals surface area contributed by atoms with Crippen LogP contribution in [-0.2, 0) is 11.2 Å². The van der Waals surface area contributed by atoms with E-state index in [-0.39, 0.29) is 29.6 Å². The molecule has 5 heteroatoms. The topological polar surface area (TPSA) is 41.1 Å². The molecular weight excluding hydrogens is 307 g/mol. The zero-order valence-corrected chi connectivity index (χ0v) is 14.8. The highest BCUT2D eigenvalue weighted by atomic mass is 35.5. The minimum Gasteiger partial charge on any atom is -0.355 e. The van der Waals surface area contributed by atoms with E-state index in [4.69, 9.17) is 11.6 Å². The molecular formula is C16H26Cl2N2O. The van der Waals surface area contributed by atoms with Gasteiger partial charge in [-0.25, -0.2) is 0 Å². The smallest absolute Gasteiger partial charge is 0.224 e. The van der Waals surface area contributed by atoms with Crippen molar-refractivity contribution >= 4 is 29.9 Å². The van der Waals surface area contributed by atoms with Crippen LogP contribution in [-0.4, -0.2) is 26.0 Å². The van der Waals surface area contributed by atoms with E-state index in [1.807, 2.05) is 32.2 Å². The minimum atomic E-state index is -0.0121. The van der Waals surface area contributed by atoms with Crippen LogP contribution in [0.3, 0.4) is 0 Å². The number of amides is 1. The van der Waals surface area contributed by atoms with E-state index in [0.29, 0.717) is 13.1 Å². The second kappa shape index (κ2) is 9.29. The lowest BCUT2D eigenvalue weighted by Crippen LogP contribution is -2.40. The summed E-state index contributed by atoms with van der Waals surface area (Å²) in [5.41, 5.74) is 1.19. The molecule has 0 heterocycles. The van der Waals surface area contributed by atoms with Gasteiger partial charge in [0.05, 0.1) is 0 Å². The highest BCUT2D eigenvalue weighted by Crippen LogP contribution is 2.22. The second-order valence-electron chi connectivity index (χ2n) is 6.15. The average Bonchev–Trinajstić information content (AvgIpc) is 2.35. The summed E-state index contributed by atoms with van der Waals surface area (Å²) < 4.78 is 0. The number of hydrogen-bond acceptors (Lipinski definition) is 2. The third-order valence-electron chi connectivity index (χ3n) is 3.27. The summed E-state index contributed by atoms with van der Waals surface area (Å²) in [5, 5.41) is 6.80. The second-order valence-corrected chi connectivity index (χ2v) is 6.58. The fourth-order valence-electron chi connectivity index (χ4n) is 2.16. The van der Waals surface area contributed by atoms with E-state index in [1.54, 1.807) is 0 Å². The van der Waals surface area contributed by atoms with Crippen LogP contribution in [0.2, 0.25) is 5.02 Å². The predicted octanol–water partition coefficient (Wildman–Crippen LogP) is 3.30. The minimum absolute atomic E-state index is 0. The molecule has 1 amide bonds. The lowest BCUT2D eigenvalue weighted by Gasteiger charge is -2.26. The molecule has 3 nitrogen and oxygen atoms in total. The largest absolute Gasteiger partial charge is 0.355 e. The molecule has 0 spiro atoms. The van der Waals surface area contributed by atoms with Crippen molar-refractivity contribution in [1.82, 2.24) is 10.6 Å². The van der Waals surface area contributed by atoms with Gasteiger partial charge in [0, 0.05) is 24.0 Å². The van der Waals surface area contributed by atoms with E-state index < -0.39 is 0 Å². The fourth-order valence-corrected chi connectivity index (χ4v) is 2.37. The van der Waals surface area contributed by atoms with Gasteiger partial charge >= 0.3 is 0 Å². The van der Waals surface area contributed by atoms with Gasteiger partial charge in [0.2, 0.25) is 5.91 Å². The third kappa shape index (κ3) is 7.70. The van der Waals surface area contributed by atoms with Crippen LogP contribution in [0.5, 0.6) is 0 Å². The monoisotopic (exact) mass is 332 g/mol. The Bertz CT molecular complexity index is 450. The fraction of sp³-hybridized carbons (Fsp3) is 0.562. The van der Waals surface area contributed by atoms with Gasteiger partial charge in [-0.2, -0.15) is 0 Å². The van der Waals surface area contributed by atoms with Gasteiger partial charge in [0.1, 0.15) is 0 Å². The van der Waals surface area contributed by atoms with Crippen molar-refractivity contribution in [2.24, 2.45) is 11.3 Å². The van der Waals surface area contributed by atoms with Gasteiger partial charge in [0.25, 0.3) is 0 Å². The maximum absolute atomic E-state index is 11.9. The normalized spacial score (nSPS) is 12.4. The Kier molecular flexibility index (Phi) is 8.95. The van der Waals surface area contributed by atoms with Crippen molar-refractivity contribution in [3.05, 3.63) is 34.9 Å². The van der Waals surface area contributed by atoms with Crippen molar-refractivity contribution in [3.8, 4) is 0 Å². The molecule has 1 atom stereocenters. The lowest BCUT2D eigenvalue weighted by atomic mass is 9.85. The summed E-state index contributed by atoms with van der Waals surface area (Å²) in [6, 6.07) is 7.88. The summed E-state index contributed by atoms with van der Waals surface area (Å²) in [6.45, 7) is 7.58. The SMILES string of the molecule is CNCC(C)C(=O)NCC(C)(C)Cc1cccc(Cl)c1.Cl. The Balaban J connectivity index is 0.00000400. The molecule has 0 bridgehead atoms. The van der Waals surface area contributed by atoms with Crippen LogP contribution in [0.1, 0.15) is 26.3 Å². The van der Waals surface area contributed by atoms with Crippen LogP contribution < -0.4 is 10.6 Å². The number of carbonyl (C=O) groups is 1. The van der Waals surface area contributed by atoms with Crippen molar-refractivity contribution in [3.63, 3.8) is 0 Å².